The minimum atomic E-state index is -0.705. The Hall–Kier alpha value is -1.58. The van der Waals surface area contributed by atoms with Crippen LogP contribution in [0.2, 0.25) is 0 Å². The molecule has 4 nitrogen and oxygen atoms in total. The Morgan fingerprint density at radius 1 is 0.478 bits per heavy atom. The third-order valence-corrected chi connectivity index (χ3v) is 10.6. The van der Waals surface area contributed by atoms with E-state index in [4.69, 9.17) is 0 Å². The van der Waals surface area contributed by atoms with E-state index >= 15 is 0 Å². The molecule has 0 heterocycles. The summed E-state index contributed by atoms with van der Waals surface area (Å²) in [5.74, 6) is -2.19. The van der Waals surface area contributed by atoms with Gasteiger partial charge in [-0.15, -0.1) is 0 Å². The van der Waals surface area contributed by atoms with Crippen molar-refractivity contribution in [3.8, 4) is 0 Å². The Labute approximate surface area is 285 Å². The number of hydrogen-bond donors (Lipinski definition) is 2. The molecule has 0 aromatic heterocycles. The van der Waals surface area contributed by atoms with Gasteiger partial charge in [-0.1, -0.05) is 154 Å². The maximum Gasteiger partial charge on any atom is 0.306 e. The molecule has 268 valence electrons. The fourth-order valence-corrected chi connectivity index (χ4v) is 7.75. The summed E-state index contributed by atoms with van der Waals surface area (Å²) in [6.07, 6.45) is 44.0. The quantitative estimate of drug-likeness (QED) is 0.0564. The second kappa shape index (κ2) is 30.7. The molecule has 1 aliphatic rings. The molecule has 1 fully saturated rings. The number of carboxylic acids is 2. The molecule has 0 radical (unpaired) electrons. The van der Waals surface area contributed by atoms with Gasteiger partial charge in [-0.05, 0) is 88.9 Å². The highest BCUT2D eigenvalue weighted by atomic mass is 16.4. The van der Waals surface area contributed by atoms with Crippen molar-refractivity contribution in [3.63, 3.8) is 0 Å². The van der Waals surface area contributed by atoms with E-state index in [1.165, 1.54) is 103 Å². The molecule has 0 saturated heterocycles. The molecule has 0 aromatic carbocycles. The van der Waals surface area contributed by atoms with Crippen molar-refractivity contribution < 1.29 is 19.8 Å². The van der Waals surface area contributed by atoms with E-state index in [1.807, 2.05) is 0 Å². The number of hydrogen-bond acceptors (Lipinski definition) is 2. The van der Waals surface area contributed by atoms with Crippen LogP contribution in [0.1, 0.15) is 206 Å². The zero-order chi connectivity index (χ0) is 33.5. The summed E-state index contributed by atoms with van der Waals surface area (Å²) in [6.45, 7) is 4.52. The normalized spacial score (nSPS) is 18.4. The first-order valence-corrected chi connectivity index (χ1v) is 20.3. The van der Waals surface area contributed by atoms with Crippen LogP contribution in [0.4, 0.5) is 0 Å². The number of carbonyl (C=O) groups is 2. The van der Waals surface area contributed by atoms with Gasteiger partial charge in [0.25, 0.3) is 0 Å². The van der Waals surface area contributed by atoms with Gasteiger partial charge in [0.1, 0.15) is 0 Å². The van der Waals surface area contributed by atoms with E-state index in [9.17, 15) is 19.8 Å². The zero-order valence-electron chi connectivity index (χ0n) is 30.5. The van der Waals surface area contributed by atoms with Crippen LogP contribution >= 0.6 is 0 Å². The van der Waals surface area contributed by atoms with Crippen molar-refractivity contribution >= 4 is 11.9 Å². The van der Waals surface area contributed by atoms with E-state index in [0.29, 0.717) is 12.8 Å². The summed E-state index contributed by atoms with van der Waals surface area (Å²) in [5, 5.41) is 20.4. The molecule has 2 N–H and O–H groups in total. The maximum absolute atomic E-state index is 12.4. The Bertz CT molecular complexity index is 708. The molecular formula is C42H76O4. The maximum atomic E-state index is 12.4. The lowest BCUT2D eigenvalue weighted by atomic mass is 9.65. The highest BCUT2D eigenvalue weighted by molar-refractivity contribution is 5.72. The standard InChI is InChI=1S/C42H76O4/c1-3-5-7-9-11-13-15-17-19-21-23-25-27-29-35-39(41(43)44)37-33-31-32-34-38(37)40(42(45)46)36-30-28-26-24-22-20-18-16-14-12-10-8-6-4-2/h17-20,37-40H,3-16,21-36H2,1-2H3,(H,43,44)(H,45,46). The van der Waals surface area contributed by atoms with E-state index in [0.717, 1.165) is 77.0 Å². The molecule has 4 heteroatoms. The average molecular weight is 645 g/mol. The first-order chi connectivity index (χ1) is 22.5. The lowest BCUT2D eigenvalue weighted by molar-refractivity contribution is -0.151. The largest absolute Gasteiger partial charge is 0.481 e. The van der Waals surface area contributed by atoms with Gasteiger partial charge >= 0.3 is 11.9 Å². The van der Waals surface area contributed by atoms with Crippen LogP contribution in [-0.2, 0) is 9.59 Å². The molecule has 1 saturated carbocycles. The number of carboxylic acid groups (broad SMARTS) is 2. The summed E-state index contributed by atoms with van der Waals surface area (Å²) >= 11 is 0. The van der Waals surface area contributed by atoms with E-state index in [1.54, 1.807) is 0 Å². The van der Waals surface area contributed by atoms with Gasteiger partial charge in [-0.25, -0.2) is 0 Å². The second-order valence-electron chi connectivity index (χ2n) is 14.5. The van der Waals surface area contributed by atoms with Crippen molar-refractivity contribution in [2.24, 2.45) is 23.7 Å². The molecule has 0 bridgehead atoms. The first-order valence-electron chi connectivity index (χ1n) is 20.3. The molecule has 46 heavy (non-hydrogen) atoms. The van der Waals surface area contributed by atoms with Gasteiger partial charge in [-0.2, -0.15) is 0 Å². The Kier molecular flexibility index (Phi) is 28.4. The van der Waals surface area contributed by atoms with Crippen molar-refractivity contribution in [1.29, 1.82) is 0 Å². The fourth-order valence-electron chi connectivity index (χ4n) is 7.75. The third-order valence-electron chi connectivity index (χ3n) is 10.6. The number of aliphatic carboxylic acids is 2. The Morgan fingerprint density at radius 2 is 0.761 bits per heavy atom. The van der Waals surface area contributed by atoms with Crippen LogP contribution in [0.25, 0.3) is 0 Å². The fraction of sp³-hybridized carbons (Fsp3) is 0.857. The Balaban J connectivity index is 2.33. The molecule has 0 aromatic rings. The van der Waals surface area contributed by atoms with Crippen LogP contribution < -0.4 is 0 Å². The second-order valence-corrected chi connectivity index (χ2v) is 14.5. The van der Waals surface area contributed by atoms with Crippen LogP contribution in [0.5, 0.6) is 0 Å². The minimum Gasteiger partial charge on any atom is -0.481 e. The lowest BCUT2D eigenvalue weighted by Crippen LogP contribution is -2.38. The van der Waals surface area contributed by atoms with Crippen molar-refractivity contribution in [2.45, 2.75) is 206 Å². The zero-order valence-corrected chi connectivity index (χ0v) is 30.5. The third kappa shape index (κ3) is 22.1. The van der Waals surface area contributed by atoms with Gasteiger partial charge in [0.05, 0.1) is 11.8 Å². The van der Waals surface area contributed by atoms with Gasteiger partial charge in [0.2, 0.25) is 0 Å². The molecule has 1 rings (SSSR count). The summed E-state index contributed by atoms with van der Waals surface area (Å²) in [5.41, 5.74) is 0. The lowest BCUT2D eigenvalue weighted by Gasteiger charge is -2.38. The van der Waals surface area contributed by atoms with Crippen LogP contribution in [-0.4, -0.2) is 22.2 Å². The smallest absolute Gasteiger partial charge is 0.306 e. The van der Waals surface area contributed by atoms with Gasteiger partial charge in [0.15, 0.2) is 0 Å². The highest BCUT2D eigenvalue weighted by Crippen LogP contribution is 2.43. The highest BCUT2D eigenvalue weighted by Gasteiger charge is 2.41. The van der Waals surface area contributed by atoms with Crippen LogP contribution in [0.3, 0.4) is 0 Å². The van der Waals surface area contributed by atoms with E-state index < -0.39 is 23.8 Å². The first kappa shape index (κ1) is 42.4. The van der Waals surface area contributed by atoms with Crippen molar-refractivity contribution in [3.05, 3.63) is 24.3 Å². The average Bonchev–Trinajstić information content (AvgIpc) is 3.04. The van der Waals surface area contributed by atoms with Gasteiger partial charge < -0.3 is 10.2 Å². The number of unbranched alkanes of at least 4 members (excludes halogenated alkanes) is 20. The number of rotatable bonds is 32. The molecule has 1 aliphatic carbocycles. The summed E-state index contributed by atoms with van der Waals surface area (Å²) in [4.78, 5) is 24.9. The molecule has 0 spiro atoms. The summed E-state index contributed by atoms with van der Waals surface area (Å²) in [6, 6.07) is 0. The van der Waals surface area contributed by atoms with Crippen LogP contribution in [0, 0.1) is 23.7 Å². The molecule has 4 unspecified atom stereocenters. The molecule has 0 aliphatic heterocycles. The summed E-state index contributed by atoms with van der Waals surface area (Å²) < 4.78 is 0. The van der Waals surface area contributed by atoms with Crippen molar-refractivity contribution in [2.75, 3.05) is 0 Å². The topological polar surface area (TPSA) is 74.6 Å². The Morgan fingerprint density at radius 3 is 1.07 bits per heavy atom. The van der Waals surface area contributed by atoms with E-state index in [2.05, 4.69) is 38.2 Å². The van der Waals surface area contributed by atoms with Gasteiger partial charge in [-0.3, -0.25) is 9.59 Å². The van der Waals surface area contributed by atoms with Gasteiger partial charge in [0, 0.05) is 0 Å². The molecule has 4 atom stereocenters. The SMILES string of the molecule is CCCCCCCCC=CCCCCCCC(C(=O)O)C1CCCCC1C(CCCCCCC=CCCCCCCCC)C(=O)O. The minimum absolute atomic E-state index is 0.00837. The predicted molar refractivity (Wildman–Crippen MR) is 197 cm³/mol. The predicted octanol–water partition coefficient (Wildman–Crippen LogP) is 13.5. The monoisotopic (exact) mass is 645 g/mol. The summed E-state index contributed by atoms with van der Waals surface area (Å²) in [7, 11) is 0. The molecule has 0 amide bonds. The molecular weight excluding hydrogens is 568 g/mol. The number of allylic oxidation sites excluding steroid dienone is 4. The van der Waals surface area contributed by atoms with E-state index in [-0.39, 0.29) is 11.8 Å². The van der Waals surface area contributed by atoms with Crippen molar-refractivity contribution in [1.82, 2.24) is 0 Å². The van der Waals surface area contributed by atoms with Crippen LogP contribution in [0.15, 0.2) is 24.3 Å².